The predicted molar refractivity (Wildman–Crippen MR) is 57.0 cm³/mol. The molecule has 0 aromatic carbocycles. The first-order valence-electron chi connectivity index (χ1n) is 4.87. The number of hydrogen-bond donors (Lipinski definition) is 1. The first kappa shape index (κ1) is 13.4. The van der Waals surface area contributed by atoms with Crippen molar-refractivity contribution in [2.75, 3.05) is 13.1 Å². The maximum absolute atomic E-state index is 12.2. The fraction of sp³-hybridized carbons (Fsp3) is 0.667. The number of halogens is 3. The standard InChI is InChI=1S/C9H14F3N3S/c1-2-15(6-9(10,11)12)4-7-5-16-8(3-13)14-7/h5H,2-4,6,13H2,1H3. The second-order valence-corrected chi connectivity index (χ2v) is 4.30. The third-order valence-electron chi connectivity index (χ3n) is 2.01. The van der Waals surface area contributed by atoms with E-state index < -0.39 is 12.7 Å². The Morgan fingerprint density at radius 2 is 2.19 bits per heavy atom. The van der Waals surface area contributed by atoms with Gasteiger partial charge in [-0.25, -0.2) is 4.98 Å². The average Bonchev–Trinajstić information content (AvgIpc) is 2.62. The summed E-state index contributed by atoms with van der Waals surface area (Å²) in [5, 5.41) is 2.50. The summed E-state index contributed by atoms with van der Waals surface area (Å²) in [6, 6.07) is 0. The summed E-state index contributed by atoms with van der Waals surface area (Å²) in [6.07, 6.45) is -4.16. The molecule has 7 heteroatoms. The molecule has 3 nitrogen and oxygen atoms in total. The largest absolute Gasteiger partial charge is 0.401 e. The summed E-state index contributed by atoms with van der Waals surface area (Å²) in [6.45, 7) is 1.68. The van der Waals surface area contributed by atoms with E-state index in [4.69, 9.17) is 5.73 Å². The highest BCUT2D eigenvalue weighted by molar-refractivity contribution is 7.09. The summed E-state index contributed by atoms with van der Waals surface area (Å²) in [5.74, 6) is 0. The summed E-state index contributed by atoms with van der Waals surface area (Å²) in [5.41, 5.74) is 6.03. The van der Waals surface area contributed by atoms with Crippen LogP contribution in [0.3, 0.4) is 0 Å². The quantitative estimate of drug-likeness (QED) is 0.872. The second kappa shape index (κ2) is 5.60. The molecule has 0 fully saturated rings. The van der Waals surface area contributed by atoms with Crippen LogP contribution in [0.25, 0.3) is 0 Å². The van der Waals surface area contributed by atoms with Gasteiger partial charge in [0.25, 0.3) is 0 Å². The van der Waals surface area contributed by atoms with Crippen LogP contribution in [0.4, 0.5) is 13.2 Å². The van der Waals surface area contributed by atoms with Gasteiger partial charge in [0.05, 0.1) is 12.2 Å². The zero-order valence-electron chi connectivity index (χ0n) is 8.92. The molecule has 92 valence electrons. The molecule has 1 rings (SSSR count). The molecular formula is C9H14F3N3S. The van der Waals surface area contributed by atoms with Gasteiger partial charge in [0, 0.05) is 18.5 Å². The zero-order valence-corrected chi connectivity index (χ0v) is 9.74. The molecule has 0 radical (unpaired) electrons. The van der Waals surface area contributed by atoms with Crippen LogP contribution in [-0.2, 0) is 13.1 Å². The Balaban J connectivity index is 2.56. The van der Waals surface area contributed by atoms with Crippen LogP contribution in [0.5, 0.6) is 0 Å². The normalized spacial score (nSPS) is 12.4. The molecule has 0 amide bonds. The fourth-order valence-corrected chi connectivity index (χ4v) is 1.94. The van der Waals surface area contributed by atoms with E-state index in [2.05, 4.69) is 4.98 Å². The van der Waals surface area contributed by atoms with Gasteiger partial charge in [-0.2, -0.15) is 13.2 Å². The van der Waals surface area contributed by atoms with Crippen molar-refractivity contribution in [3.05, 3.63) is 16.1 Å². The third-order valence-corrected chi connectivity index (χ3v) is 2.93. The topological polar surface area (TPSA) is 42.1 Å². The number of thiazole rings is 1. The Kier molecular flexibility index (Phi) is 4.69. The van der Waals surface area contributed by atoms with Gasteiger partial charge in [0.2, 0.25) is 0 Å². The van der Waals surface area contributed by atoms with Gasteiger partial charge in [0.1, 0.15) is 5.01 Å². The lowest BCUT2D eigenvalue weighted by Crippen LogP contribution is -2.33. The van der Waals surface area contributed by atoms with E-state index in [0.717, 1.165) is 5.01 Å². The second-order valence-electron chi connectivity index (χ2n) is 3.36. The minimum atomic E-state index is -4.16. The summed E-state index contributed by atoms with van der Waals surface area (Å²) in [7, 11) is 0. The van der Waals surface area contributed by atoms with E-state index in [1.165, 1.54) is 16.2 Å². The Morgan fingerprint density at radius 1 is 1.50 bits per heavy atom. The molecule has 1 aromatic rings. The van der Waals surface area contributed by atoms with Crippen LogP contribution in [0.1, 0.15) is 17.6 Å². The molecule has 0 aliphatic rings. The first-order chi connectivity index (χ1) is 7.44. The highest BCUT2D eigenvalue weighted by atomic mass is 32.1. The maximum Gasteiger partial charge on any atom is 0.401 e. The first-order valence-corrected chi connectivity index (χ1v) is 5.75. The van der Waals surface area contributed by atoms with Crippen LogP contribution in [0, 0.1) is 0 Å². The van der Waals surface area contributed by atoms with Crippen molar-refractivity contribution in [1.29, 1.82) is 0 Å². The van der Waals surface area contributed by atoms with Gasteiger partial charge < -0.3 is 5.73 Å². The monoisotopic (exact) mass is 253 g/mol. The molecule has 16 heavy (non-hydrogen) atoms. The van der Waals surface area contributed by atoms with Crippen molar-refractivity contribution in [1.82, 2.24) is 9.88 Å². The molecule has 0 unspecified atom stereocenters. The molecule has 1 heterocycles. The number of nitrogens with two attached hydrogens (primary N) is 1. The fourth-order valence-electron chi connectivity index (χ4n) is 1.28. The van der Waals surface area contributed by atoms with Gasteiger partial charge in [-0.05, 0) is 6.54 Å². The molecule has 2 N–H and O–H groups in total. The van der Waals surface area contributed by atoms with Crippen LogP contribution >= 0.6 is 11.3 Å². The highest BCUT2D eigenvalue weighted by Gasteiger charge is 2.30. The number of hydrogen-bond acceptors (Lipinski definition) is 4. The Morgan fingerprint density at radius 3 is 2.62 bits per heavy atom. The van der Waals surface area contributed by atoms with E-state index in [0.29, 0.717) is 18.8 Å². The molecule has 0 saturated heterocycles. The lowest BCUT2D eigenvalue weighted by molar-refractivity contribution is -0.146. The molecule has 0 atom stereocenters. The lowest BCUT2D eigenvalue weighted by atomic mass is 10.4. The lowest BCUT2D eigenvalue weighted by Gasteiger charge is -2.20. The minimum Gasteiger partial charge on any atom is -0.325 e. The number of nitrogens with zero attached hydrogens (tertiary/aromatic N) is 2. The zero-order chi connectivity index (χ0) is 12.2. The van der Waals surface area contributed by atoms with Crippen molar-refractivity contribution >= 4 is 11.3 Å². The molecule has 1 aromatic heterocycles. The van der Waals surface area contributed by atoms with Gasteiger partial charge in [0.15, 0.2) is 0 Å². The van der Waals surface area contributed by atoms with Crippen molar-refractivity contribution in [2.24, 2.45) is 5.73 Å². The van der Waals surface area contributed by atoms with Crippen LogP contribution < -0.4 is 5.73 Å². The Hall–Kier alpha value is -0.660. The molecular weight excluding hydrogens is 239 g/mol. The molecule has 0 aliphatic heterocycles. The maximum atomic E-state index is 12.2. The van der Waals surface area contributed by atoms with Gasteiger partial charge in [-0.3, -0.25) is 4.90 Å². The smallest absolute Gasteiger partial charge is 0.325 e. The SMILES string of the molecule is CCN(Cc1csc(CN)n1)CC(F)(F)F. The van der Waals surface area contributed by atoms with E-state index in [1.807, 2.05) is 0 Å². The highest BCUT2D eigenvalue weighted by Crippen LogP contribution is 2.18. The molecule has 0 bridgehead atoms. The van der Waals surface area contributed by atoms with E-state index in [1.54, 1.807) is 12.3 Å². The van der Waals surface area contributed by atoms with Crippen LogP contribution in [0.15, 0.2) is 5.38 Å². The molecule has 0 aliphatic carbocycles. The van der Waals surface area contributed by atoms with Crippen molar-refractivity contribution in [2.45, 2.75) is 26.2 Å². The number of aromatic nitrogens is 1. The van der Waals surface area contributed by atoms with Crippen LogP contribution in [0.2, 0.25) is 0 Å². The third kappa shape index (κ3) is 4.46. The van der Waals surface area contributed by atoms with Gasteiger partial charge >= 0.3 is 6.18 Å². The van der Waals surface area contributed by atoms with Gasteiger partial charge in [-0.1, -0.05) is 6.92 Å². The van der Waals surface area contributed by atoms with E-state index in [-0.39, 0.29) is 6.54 Å². The summed E-state index contributed by atoms with van der Waals surface area (Å²) >= 11 is 1.38. The van der Waals surface area contributed by atoms with E-state index >= 15 is 0 Å². The van der Waals surface area contributed by atoms with E-state index in [9.17, 15) is 13.2 Å². The van der Waals surface area contributed by atoms with Gasteiger partial charge in [-0.15, -0.1) is 11.3 Å². The average molecular weight is 253 g/mol. The molecule has 0 spiro atoms. The van der Waals surface area contributed by atoms with Crippen LogP contribution in [-0.4, -0.2) is 29.1 Å². The Bertz CT molecular complexity index is 324. The minimum absolute atomic E-state index is 0.215. The Labute approximate surface area is 96.1 Å². The predicted octanol–water partition coefficient (Wildman–Crippen LogP) is 1.99. The van der Waals surface area contributed by atoms with Crippen molar-refractivity contribution < 1.29 is 13.2 Å². The summed E-state index contributed by atoms with van der Waals surface area (Å²) < 4.78 is 36.6. The number of rotatable bonds is 5. The van der Waals surface area contributed by atoms with Crippen molar-refractivity contribution in [3.8, 4) is 0 Å². The summed E-state index contributed by atoms with van der Waals surface area (Å²) in [4.78, 5) is 5.43. The number of alkyl halides is 3. The molecule has 0 saturated carbocycles. The van der Waals surface area contributed by atoms with Crippen molar-refractivity contribution in [3.63, 3.8) is 0 Å².